The van der Waals surface area contributed by atoms with Crippen LogP contribution in [0, 0.1) is 6.92 Å². The van der Waals surface area contributed by atoms with Crippen molar-refractivity contribution >= 4 is 169 Å². The van der Waals surface area contributed by atoms with Gasteiger partial charge in [-0.2, -0.15) is 0 Å². The van der Waals surface area contributed by atoms with Crippen LogP contribution >= 0.6 is 139 Å². The molecule has 0 spiro atoms. The van der Waals surface area contributed by atoms with E-state index < -0.39 is 15.2 Å². The van der Waals surface area contributed by atoms with Crippen LogP contribution in [0.5, 0.6) is 11.5 Å². The lowest BCUT2D eigenvalue weighted by Gasteiger charge is -2.21. The normalized spacial score (nSPS) is 12.5. The second-order valence-electron chi connectivity index (χ2n) is 10.7. The number of methoxy groups -OCH3 is 2. The van der Waals surface area contributed by atoms with Crippen LogP contribution < -0.4 is 14.4 Å². The molecule has 2 aromatic carbocycles. The van der Waals surface area contributed by atoms with Crippen LogP contribution in [0.2, 0.25) is 0 Å². The Morgan fingerprint density at radius 3 is 1.33 bits per heavy atom. The van der Waals surface area contributed by atoms with Crippen molar-refractivity contribution in [2.24, 2.45) is 0 Å². The molecule has 0 fully saturated rings. The molecular weight excluding hydrogens is 952 g/mol. The van der Waals surface area contributed by atoms with Crippen molar-refractivity contribution in [3.05, 3.63) is 88.0 Å². The van der Waals surface area contributed by atoms with Crippen LogP contribution in [0.25, 0.3) is 24.3 Å². The second kappa shape index (κ2) is 20.0. The van der Waals surface area contributed by atoms with E-state index in [1.807, 2.05) is 25.1 Å². The van der Waals surface area contributed by atoms with Crippen molar-refractivity contribution < 1.29 is 9.47 Å². The molecule has 9 nitrogen and oxygen atoms in total. The first-order valence-electron chi connectivity index (χ1n) is 15.2. The van der Waals surface area contributed by atoms with Gasteiger partial charge in [0, 0.05) is 18.8 Å². The number of alkyl halides is 12. The van der Waals surface area contributed by atoms with Crippen LogP contribution in [0.4, 0.5) is 5.69 Å². The van der Waals surface area contributed by atoms with Crippen molar-refractivity contribution in [3.8, 4) is 11.5 Å². The van der Waals surface area contributed by atoms with E-state index in [4.69, 9.17) is 149 Å². The highest BCUT2D eigenvalue weighted by Gasteiger charge is 2.34. The molecular formula is C33H29Cl12N7O2. The lowest BCUT2D eigenvalue weighted by Crippen LogP contribution is -2.21. The minimum absolute atomic E-state index is 0.123. The summed E-state index contributed by atoms with van der Waals surface area (Å²) in [5.74, 6) is 0.957. The summed E-state index contributed by atoms with van der Waals surface area (Å²) in [5, 5.41) is 0. The Morgan fingerprint density at radius 2 is 0.963 bits per heavy atom. The largest absolute Gasteiger partial charge is 0.493 e. The van der Waals surface area contributed by atoms with Gasteiger partial charge in [-0.3, -0.25) is 0 Å². The van der Waals surface area contributed by atoms with Gasteiger partial charge in [0.05, 0.1) is 14.2 Å². The number of aromatic nitrogens is 6. The summed E-state index contributed by atoms with van der Waals surface area (Å²) >= 11 is 70.4. The molecule has 54 heavy (non-hydrogen) atoms. The quantitative estimate of drug-likeness (QED) is 0.152. The molecule has 2 heterocycles. The highest BCUT2D eigenvalue weighted by Crippen LogP contribution is 2.41. The van der Waals surface area contributed by atoms with E-state index in [0.29, 0.717) is 11.5 Å². The van der Waals surface area contributed by atoms with E-state index in [-0.39, 0.29) is 34.9 Å². The van der Waals surface area contributed by atoms with Gasteiger partial charge >= 0.3 is 0 Å². The Labute approximate surface area is 373 Å². The summed E-state index contributed by atoms with van der Waals surface area (Å²) in [5.41, 5.74) is 4.03. The van der Waals surface area contributed by atoms with E-state index in [1.54, 1.807) is 37.5 Å². The van der Waals surface area contributed by atoms with Gasteiger partial charge < -0.3 is 14.4 Å². The zero-order chi connectivity index (χ0) is 40.6. The summed E-state index contributed by atoms with van der Waals surface area (Å²) < 4.78 is 2.88. The maximum absolute atomic E-state index is 5.89. The van der Waals surface area contributed by atoms with Crippen molar-refractivity contribution in [1.82, 2.24) is 29.9 Å². The third-order valence-corrected chi connectivity index (χ3v) is 8.97. The zero-order valence-corrected chi connectivity index (χ0v) is 37.7. The topological polar surface area (TPSA) is 99.0 Å². The van der Waals surface area contributed by atoms with E-state index >= 15 is 0 Å². The van der Waals surface area contributed by atoms with Gasteiger partial charge in [-0.05, 0) is 73.9 Å². The Kier molecular flexibility index (Phi) is 17.5. The van der Waals surface area contributed by atoms with Gasteiger partial charge in [0.25, 0.3) is 0 Å². The summed E-state index contributed by atoms with van der Waals surface area (Å²) in [4.78, 5) is 26.6. The number of hydrogen-bond acceptors (Lipinski definition) is 9. The molecule has 0 radical (unpaired) electrons. The maximum Gasteiger partial charge on any atom is 0.250 e. The van der Waals surface area contributed by atoms with Crippen LogP contribution in [0.15, 0.2) is 36.4 Å². The number of rotatable bonds is 9. The highest BCUT2D eigenvalue weighted by molar-refractivity contribution is 6.68. The minimum atomic E-state index is -1.90. The second-order valence-corrected chi connectivity index (χ2v) is 19.8. The molecule has 0 aliphatic rings. The molecule has 0 saturated heterocycles. The molecule has 0 saturated carbocycles. The fourth-order valence-electron chi connectivity index (χ4n) is 4.36. The Bertz CT molecular complexity index is 1890. The molecule has 2 aromatic heterocycles. The fraction of sp³-hybridized carbons (Fsp3) is 0.333. The Hall–Kier alpha value is -1.18. The van der Waals surface area contributed by atoms with Crippen LogP contribution in [-0.2, 0) is 15.2 Å². The summed E-state index contributed by atoms with van der Waals surface area (Å²) in [6.07, 6.45) is 6.77. The molecule has 0 aliphatic heterocycles. The van der Waals surface area contributed by atoms with E-state index in [2.05, 4.69) is 60.8 Å². The third-order valence-electron chi connectivity index (χ3n) is 6.95. The highest BCUT2D eigenvalue weighted by atomic mass is 35.6. The summed E-state index contributed by atoms with van der Waals surface area (Å²) in [6, 6.07) is 11.5. The van der Waals surface area contributed by atoms with Crippen LogP contribution in [0.3, 0.4) is 0 Å². The van der Waals surface area contributed by atoms with Crippen molar-refractivity contribution in [1.29, 1.82) is 0 Å². The molecule has 4 aromatic rings. The summed E-state index contributed by atoms with van der Waals surface area (Å²) in [7, 11) is 3.09. The van der Waals surface area contributed by atoms with Crippen LogP contribution in [-0.4, -0.2) is 57.2 Å². The first-order chi connectivity index (χ1) is 25.0. The molecule has 0 unspecified atom stereocenters. The van der Waals surface area contributed by atoms with Crippen LogP contribution in [0.1, 0.15) is 65.5 Å². The molecule has 0 bridgehead atoms. The van der Waals surface area contributed by atoms with Gasteiger partial charge in [0.15, 0.2) is 46.4 Å². The smallest absolute Gasteiger partial charge is 0.250 e. The molecule has 0 aliphatic carbocycles. The minimum Gasteiger partial charge on any atom is -0.493 e. The van der Waals surface area contributed by atoms with Crippen molar-refractivity contribution in [3.63, 3.8) is 0 Å². The number of ether oxygens (including phenoxy) is 2. The molecule has 0 atom stereocenters. The van der Waals surface area contributed by atoms with Crippen molar-refractivity contribution in [2.45, 2.75) is 35.9 Å². The van der Waals surface area contributed by atoms with Gasteiger partial charge in [-0.1, -0.05) is 163 Å². The summed E-state index contributed by atoms with van der Waals surface area (Å²) in [6.45, 7) is 8.15. The van der Waals surface area contributed by atoms with E-state index in [9.17, 15) is 0 Å². The van der Waals surface area contributed by atoms with Gasteiger partial charge in [-0.15, -0.1) is 0 Å². The molecule has 0 amide bonds. The predicted molar refractivity (Wildman–Crippen MR) is 229 cm³/mol. The Balaban J connectivity index is 0.000000291. The fourth-order valence-corrected chi connectivity index (χ4v) is 5.38. The average molecular weight is 981 g/mol. The SMILES string of the molecule is CCN(CC)c1ccc(C=Cc2nc(C(Cl)(Cl)Cl)nc(C(Cl)(Cl)Cl)n2)c(C)c1.COc1ccc(C=Cc2nc(C(Cl)(Cl)Cl)nc(C(Cl)(Cl)Cl)n2)cc1OC. The lowest BCUT2D eigenvalue weighted by atomic mass is 10.1. The number of hydrogen-bond donors (Lipinski definition) is 0. The monoisotopic (exact) mass is 975 g/mol. The lowest BCUT2D eigenvalue weighted by molar-refractivity contribution is 0.355. The van der Waals surface area contributed by atoms with Gasteiger partial charge in [-0.25, -0.2) is 29.9 Å². The first-order valence-corrected chi connectivity index (χ1v) is 19.8. The maximum atomic E-state index is 5.89. The zero-order valence-electron chi connectivity index (χ0n) is 28.7. The molecule has 4 rings (SSSR count). The van der Waals surface area contributed by atoms with E-state index in [0.717, 1.165) is 35.5 Å². The predicted octanol–water partition coefficient (Wildman–Crippen LogP) is 12.6. The van der Waals surface area contributed by atoms with E-state index in [1.165, 1.54) is 7.11 Å². The number of halogens is 12. The number of aryl methyl sites for hydroxylation is 1. The standard InChI is InChI=1S/C18H18Cl6N4.C15H11Cl6N3O2/c1-4-28(5-2)13-8-6-12(11(3)10-13)7-9-14-25-15(17(19,20)21)27-16(26-14)18(22,23)24;1-25-9-5-3-8(7-10(9)26-2)4-6-11-22-12(14(16,17)18)24-13(23-11)15(19,20)21/h6-10H,4-5H2,1-3H3;3-7H,1-2H3. The molecule has 292 valence electrons. The van der Waals surface area contributed by atoms with Gasteiger partial charge in [0.1, 0.15) is 0 Å². The first kappa shape index (κ1) is 47.2. The third kappa shape index (κ3) is 14.0. The van der Waals surface area contributed by atoms with Crippen molar-refractivity contribution in [2.75, 3.05) is 32.2 Å². The molecule has 0 N–H and O–H groups in total. The number of benzene rings is 2. The Morgan fingerprint density at radius 1 is 0.537 bits per heavy atom. The number of anilines is 1. The number of nitrogens with zero attached hydrogens (tertiary/aromatic N) is 7. The molecule has 21 heteroatoms. The average Bonchev–Trinajstić information content (AvgIpc) is 3.09. The van der Waals surface area contributed by atoms with Gasteiger partial charge in [0.2, 0.25) is 15.2 Å².